The van der Waals surface area contributed by atoms with Crippen LogP contribution in [0.3, 0.4) is 0 Å². The maximum absolute atomic E-state index is 15.8. The number of hydrogen-bond donors (Lipinski definition) is 0. The van der Waals surface area contributed by atoms with Crippen LogP contribution in [0.25, 0.3) is 0 Å². The average molecular weight is 599 g/mol. The molecule has 0 spiro atoms. The van der Waals surface area contributed by atoms with E-state index in [4.69, 9.17) is 0 Å². The molecule has 3 aliphatic rings. The second-order valence-electron chi connectivity index (χ2n) is 13.0. The number of hydrogen-bond acceptors (Lipinski definition) is 1. The van der Waals surface area contributed by atoms with Crippen molar-refractivity contribution in [3.05, 3.63) is 63.7 Å². The SMILES string of the molecule is CCCC1CCC(CCC2CCc3c(cc(F)c(C4CCC(c5ccc(OC(F)(F)F)c(F)c5F)CC4)c3F)C2)CC1. The highest BCUT2D eigenvalue weighted by Crippen LogP contribution is 2.45. The summed E-state index contributed by atoms with van der Waals surface area (Å²) in [6, 6.07) is 3.41. The highest BCUT2D eigenvalue weighted by Gasteiger charge is 2.36. The van der Waals surface area contributed by atoms with E-state index in [9.17, 15) is 22.0 Å². The predicted octanol–water partition coefficient (Wildman–Crippen LogP) is 11.1. The highest BCUT2D eigenvalue weighted by molar-refractivity contribution is 5.40. The summed E-state index contributed by atoms with van der Waals surface area (Å²) in [6.45, 7) is 2.25. The fourth-order valence-corrected chi connectivity index (χ4v) is 8.01. The Morgan fingerprint density at radius 1 is 0.714 bits per heavy atom. The van der Waals surface area contributed by atoms with Gasteiger partial charge in [-0.05, 0) is 110 Å². The lowest BCUT2D eigenvalue weighted by molar-refractivity contribution is -0.275. The predicted molar refractivity (Wildman–Crippen MR) is 148 cm³/mol. The van der Waals surface area contributed by atoms with E-state index in [-0.39, 0.29) is 17.0 Å². The molecule has 2 fully saturated rings. The van der Waals surface area contributed by atoms with Crippen LogP contribution in [-0.2, 0) is 12.8 Å². The first kappa shape index (κ1) is 31.2. The van der Waals surface area contributed by atoms with E-state index < -0.39 is 41.3 Å². The zero-order valence-electron chi connectivity index (χ0n) is 24.3. The van der Waals surface area contributed by atoms with Gasteiger partial charge >= 0.3 is 6.36 Å². The van der Waals surface area contributed by atoms with Gasteiger partial charge in [0.1, 0.15) is 11.6 Å². The van der Waals surface area contributed by atoms with E-state index >= 15 is 8.78 Å². The molecule has 0 aliphatic heterocycles. The van der Waals surface area contributed by atoms with E-state index in [2.05, 4.69) is 11.7 Å². The molecule has 0 amide bonds. The Morgan fingerprint density at radius 3 is 1.98 bits per heavy atom. The van der Waals surface area contributed by atoms with Crippen molar-refractivity contribution in [2.75, 3.05) is 0 Å². The molecule has 1 unspecified atom stereocenters. The van der Waals surface area contributed by atoms with Gasteiger partial charge < -0.3 is 4.74 Å². The molecule has 232 valence electrons. The van der Waals surface area contributed by atoms with Gasteiger partial charge in [-0.25, -0.2) is 13.2 Å². The van der Waals surface area contributed by atoms with Gasteiger partial charge in [-0.3, -0.25) is 0 Å². The first-order valence-corrected chi connectivity index (χ1v) is 15.8. The van der Waals surface area contributed by atoms with E-state index in [0.717, 1.165) is 42.4 Å². The average Bonchev–Trinajstić information content (AvgIpc) is 2.95. The molecule has 2 saturated carbocycles. The third-order valence-corrected chi connectivity index (χ3v) is 10.3. The Bertz CT molecular complexity index is 1220. The van der Waals surface area contributed by atoms with Crippen LogP contribution < -0.4 is 4.74 Å². The van der Waals surface area contributed by atoms with Crippen molar-refractivity contribution in [2.45, 2.75) is 121 Å². The van der Waals surface area contributed by atoms with Crippen LogP contribution in [0, 0.1) is 41.0 Å². The van der Waals surface area contributed by atoms with Crippen molar-refractivity contribution in [1.82, 2.24) is 0 Å². The number of alkyl halides is 3. The van der Waals surface area contributed by atoms with Crippen LogP contribution in [0.15, 0.2) is 18.2 Å². The molecule has 1 atom stereocenters. The van der Waals surface area contributed by atoms with E-state index in [1.54, 1.807) is 0 Å². The van der Waals surface area contributed by atoms with Gasteiger partial charge in [0, 0.05) is 5.56 Å². The summed E-state index contributed by atoms with van der Waals surface area (Å²) < 4.78 is 101. The number of benzene rings is 2. The Hall–Kier alpha value is -2.25. The van der Waals surface area contributed by atoms with Gasteiger partial charge in [0.25, 0.3) is 0 Å². The first-order valence-electron chi connectivity index (χ1n) is 15.8. The zero-order valence-corrected chi connectivity index (χ0v) is 24.3. The highest BCUT2D eigenvalue weighted by atomic mass is 19.4. The molecule has 3 aliphatic carbocycles. The van der Waals surface area contributed by atoms with Crippen molar-refractivity contribution >= 4 is 0 Å². The second-order valence-corrected chi connectivity index (χ2v) is 13.0. The van der Waals surface area contributed by atoms with Gasteiger partial charge in [-0.15, -0.1) is 13.2 Å². The van der Waals surface area contributed by atoms with Crippen molar-refractivity contribution in [3.63, 3.8) is 0 Å². The van der Waals surface area contributed by atoms with Gasteiger partial charge in [-0.1, -0.05) is 57.9 Å². The Balaban J connectivity index is 1.19. The molecule has 2 aromatic carbocycles. The first-order chi connectivity index (χ1) is 20.0. The Kier molecular flexibility index (Phi) is 9.78. The summed E-state index contributed by atoms with van der Waals surface area (Å²) in [5.74, 6) is -3.97. The minimum Gasteiger partial charge on any atom is -0.403 e. The molecule has 8 heteroatoms. The van der Waals surface area contributed by atoms with E-state index in [1.165, 1.54) is 51.0 Å². The molecule has 0 radical (unpaired) electrons. The number of halogens is 7. The maximum atomic E-state index is 15.8. The summed E-state index contributed by atoms with van der Waals surface area (Å²) in [4.78, 5) is 0. The van der Waals surface area contributed by atoms with Crippen LogP contribution in [0.5, 0.6) is 5.75 Å². The fraction of sp³-hybridized carbons (Fsp3) is 0.647. The maximum Gasteiger partial charge on any atom is 0.573 e. The molecular weight excluding hydrogens is 557 g/mol. The van der Waals surface area contributed by atoms with Crippen LogP contribution in [0.4, 0.5) is 30.7 Å². The van der Waals surface area contributed by atoms with Crippen LogP contribution >= 0.6 is 0 Å². The standard InChI is InChI=1S/C34H41F7O/c1-2-3-20-4-6-21(7-5-20)8-9-22-10-15-27-25(18-22)19-28(35)30(31(27)36)24-13-11-23(12-14-24)26-16-17-29(33(38)32(26)37)42-34(39,40)41/h16-17,19-24H,2-15,18H2,1H3. The molecule has 1 nitrogen and oxygen atoms in total. The third kappa shape index (κ3) is 7.10. The topological polar surface area (TPSA) is 9.23 Å². The second kappa shape index (κ2) is 13.2. The summed E-state index contributed by atoms with van der Waals surface area (Å²) >= 11 is 0. The van der Waals surface area contributed by atoms with Gasteiger partial charge in [0.05, 0.1) is 0 Å². The quantitative estimate of drug-likeness (QED) is 0.275. The largest absolute Gasteiger partial charge is 0.573 e. The minimum atomic E-state index is -5.13. The smallest absolute Gasteiger partial charge is 0.403 e. The monoisotopic (exact) mass is 598 g/mol. The van der Waals surface area contributed by atoms with Crippen molar-refractivity contribution < 1.29 is 35.5 Å². The number of fused-ring (bicyclic) bond motifs is 1. The van der Waals surface area contributed by atoms with Crippen LogP contribution in [0.2, 0.25) is 0 Å². The molecule has 0 N–H and O–H groups in total. The van der Waals surface area contributed by atoms with Gasteiger partial charge in [0.2, 0.25) is 5.82 Å². The molecule has 42 heavy (non-hydrogen) atoms. The molecule has 5 rings (SSSR count). The van der Waals surface area contributed by atoms with E-state index in [0.29, 0.717) is 50.0 Å². The Labute approximate surface area is 244 Å². The number of ether oxygens (including phenoxy) is 1. The lowest BCUT2D eigenvalue weighted by Crippen LogP contribution is -2.22. The minimum absolute atomic E-state index is 0.0353. The van der Waals surface area contributed by atoms with Crippen molar-refractivity contribution in [1.29, 1.82) is 0 Å². The van der Waals surface area contributed by atoms with Gasteiger partial charge in [0.15, 0.2) is 11.6 Å². The van der Waals surface area contributed by atoms with Crippen LogP contribution in [0.1, 0.15) is 124 Å². The van der Waals surface area contributed by atoms with E-state index in [1.807, 2.05) is 0 Å². The Morgan fingerprint density at radius 2 is 1.33 bits per heavy atom. The van der Waals surface area contributed by atoms with Crippen LogP contribution in [-0.4, -0.2) is 6.36 Å². The van der Waals surface area contributed by atoms with Crippen molar-refractivity contribution in [3.8, 4) is 5.75 Å². The fourth-order valence-electron chi connectivity index (χ4n) is 8.01. The van der Waals surface area contributed by atoms with Crippen molar-refractivity contribution in [2.24, 2.45) is 17.8 Å². The third-order valence-electron chi connectivity index (χ3n) is 10.3. The van der Waals surface area contributed by atoms with Gasteiger partial charge in [-0.2, -0.15) is 4.39 Å². The lowest BCUT2D eigenvalue weighted by Gasteiger charge is -2.33. The molecule has 0 bridgehead atoms. The summed E-state index contributed by atoms with van der Waals surface area (Å²) in [5.41, 5.74) is 1.46. The zero-order chi connectivity index (χ0) is 30.0. The number of rotatable bonds is 8. The normalized spacial score (nSPS) is 26.6. The molecule has 0 heterocycles. The molecular formula is C34H41F7O. The molecule has 0 saturated heterocycles. The summed E-state index contributed by atoms with van der Waals surface area (Å²) in [5, 5.41) is 0. The molecule has 2 aromatic rings. The summed E-state index contributed by atoms with van der Waals surface area (Å²) in [7, 11) is 0. The molecule has 0 aromatic heterocycles. The lowest BCUT2D eigenvalue weighted by atomic mass is 9.73. The summed E-state index contributed by atoms with van der Waals surface area (Å²) in [6.07, 6.45) is 8.73.